The first-order valence-corrected chi connectivity index (χ1v) is 7.51. The van der Waals surface area contributed by atoms with E-state index in [1.54, 1.807) is 48.5 Å². The maximum absolute atomic E-state index is 12.2. The number of thioether (sulfide) groups is 1. The Labute approximate surface area is 130 Å². The van der Waals surface area contributed by atoms with E-state index in [-0.39, 0.29) is 5.91 Å². The van der Waals surface area contributed by atoms with Crippen molar-refractivity contribution in [3.8, 4) is 0 Å². The van der Waals surface area contributed by atoms with Crippen LogP contribution in [0.2, 0.25) is 0 Å². The smallest absolute Gasteiger partial charge is 0.288 e. The predicted molar refractivity (Wildman–Crippen MR) is 82.3 cm³/mol. The van der Waals surface area contributed by atoms with Gasteiger partial charge in [0.2, 0.25) is 0 Å². The predicted octanol–water partition coefficient (Wildman–Crippen LogP) is 4.99. The second-order valence-electron chi connectivity index (χ2n) is 4.19. The van der Waals surface area contributed by atoms with Crippen molar-refractivity contribution in [3.05, 3.63) is 59.7 Å². The number of halogens is 3. The molecule has 0 unspecified atom stereocenters. The Kier molecular flexibility index (Phi) is 5.59. The lowest BCUT2D eigenvalue weighted by atomic mass is 10.1. The Morgan fingerprint density at radius 3 is 2.24 bits per heavy atom. The molecule has 21 heavy (non-hydrogen) atoms. The molecule has 2 rings (SSSR count). The zero-order valence-corrected chi connectivity index (χ0v) is 12.4. The molecule has 0 bridgehead atoms. The third kappa shape index (κ3) is 4.72. The van der Waals surface area contributed by atoms with Crippen LogP contribution in [-0.2, 0) is 5.88 Å². The maximum Gasteiger partial charge on any atom is 0.288 e. The molecule has 6 heteroatoms. The highest BCUT2D eigenvalue weighted by atomic mass is 35.5. The number of anilines is 1. The second kappa shape index (κ2) is 7.43. The highest BCUT2D eigenvalue weighted by molar-refractivity contribution is 7.99. The van der Waals surface area contributed by atoms with Gasteiger partial charge in [0, 0.05) is 22.0 Å². The van der Waals surface area contributed by atoms with Crippen LogP contribution in [0, 0.1) is 0 Å². The molecule has 1 N–H and O–H groups in total. The van der Waals surface area contributed by atoms with Crippen LogP contribution in [0.3, 0.4) is 0 Å². The summed E-state index contributed by atoms with van der Waals surface area (Å²) < 4.78 is 24.4. The minimum absolute atomic E-state index is 0.259. The van der Waals surface area contributed by atoms with Crippen LogP contribution in [0.5, 0.6) is 0 Å². The van der Waals surface area contributed by atoms with Gasteiger partial charge in [-0.2, -0.15) is 8.78 Å². The molecule has 2 aromatic carbocycles. The molecule has 0 spiro atoms. The summed E-state index contributed by atoms with van der Waals surface area (Å²) in [6, 6.07) is 13.2. The standard InChI is InChI=1S/C15H12ClF2NOS/c16-9-10-1-3-11(4-2-10)14(20)19-12-5-7-13(8-6-12)21-15(17)18/h1-8,15H,9H2,(H,19,20). The first-order valence-electron chi connectivity index (χ1n) is 6.09. The average molecular weight is 328 g/mol. The number of rotatable bonds is 5. The molecule has 0 aromatic heterocycles. The van der Waals surface area contributed by atoms with Gasteiger partial charge in [0.25, 0.3) is 11.7 Å². The molecule has 0 radical (unpaired) electrons. The van der Waals surface area contributed by atoms with Crippen molar-refractivity contribution in [2.75, 3.05) is 5.32 Å². The minimum Gasteiger partial charge on any atom is -0.322 e. The zero-order chi connectivity index (χ0) is 15.2. The van der Waals surface area contributed by atoms with E-state index in [0.29, 0.717) is 33.8 Å². The Balaban J connectivity index is 2.01. The number of carbonyl (C=O) groups excluding carboxylic acids is 1. The molecule has 1 amide bonds. The highest BCUT2D eigenvalue weighted by Gasteiger charge is 2.08. The number of alkyl halides is 3. The summed E-state index contributed by atoms with van der Waals surface area (Å²) in [6.45, 7) is 0. The van der Waals surface area contributed by atoms with E-state index in [9.17, 15) is 13.6 Å². The Bertz CT molecular complexity index is 602. The normalized spacial score (nSPS) is 10.7. The number of amides is 1. The lowest BCUT2D eigenvalue weighted by Gasteiger charge is -2.07. The van der Waals surface area contributed by atoms with Crippen LogP contribution in [-0.4, -0.2) is 11.7 Å². The third-order valence-corrected chi connectivity index (χ3v) is 3.74. The topological polar surface area (TPSA) is 29.1 Å². The van der Waals surface area contributed by atoms with Crippen molar-refractivity contribution in [1.82, 2.24) is 0 Å². The van der Waals surface area contributed by atoms with E-state index in [1.807, 2.05) is 0 Å². The fourth-order valence-electron chi connectivity index (χ4n) is 1.67. The summed E-state index contributed by atoms with van der Waals surface area (Å²) in [5, 5.41) is 2.71. The fraction of sp³-hybridized carbons (Fsp3) is 0.133. The van der Waals surface area contributed by atoms with Crippen molar-refractivity contribution in [1.29, 1.82) is 0 Å². The molecule has 0 heterocycles. The van der Waals surface area contributed by atoms with Crippen molar-refractivity contribution < 1.29 is 13.6 Å². The van der Waals surface area contributed by atoms with Gasteiger partial charge in [0.15, 0.2) is 0 Å². The highest BCUT2D eigenvalue weighted by Crippen LogP contribution is 2.26. The minimum atomic E-state index is -2.45. The third-order valence-electron chi connectivity index (χ3n) is 2.71. The Morgan fingerprint density at radius 1 is 1.10 bits per heavy atom. The van der Waals surface area contributed by atoms with Crippen molar-refractivity contribution in [2.45, 2.75) is 16.5 Å². The van der Waals surface area contributed by atoms with Gasteiger partial charge in [-0.25, -0.2) is 0 Å². The van der Waals surface area contributed by atoms with Gasteiger partial charge in [-0.15, -0.1) is 11.6 Å². The second-order valence-corrected chi connectivity index (χ2v) is 5.52. The molecule has 0 saturated carbocycles. The van der Waals surface area contributed by atoms with Crippen molar-refractivity contribution in [2.24, 2.45) is 0 Å². The van der Waals surface area contributed by atoms with E-state index in [0.717, 1.165) is 5.56 Å². The van der Waals surface area contributed by atoms with Gasteiger partial charge in [0.1, 0.15) is 0 Å². The summed E-state index contributed by atoms with van der Waals surface area (Å²) in [5.74, 6) is -2.32. The van der Waals surface area contributed by atoms with Gasteiger partial charge in [0.05, 0.1) is 0 Å². The molecule has 0 fully saturated rings. The van der Waals surface area contributed by atoms with Gasteiger partial charge in [-0.1, -0.05) is 23.9 Å². The summed E-state index contributed by atoms with van der Waals surface area (Å²) in [4.78, 5) is 12.5. The Morgan fingerprint density at radius 2 is 1.71 bits per heavy atom. The van der Waals surface area contributed by atoms with Crippen molar-refractivity contribution in [3.63, 3.8) is 0 Å². The fourth-order valence-corrected chi connectivity index (χ4v) is 2.35. The molecule has 0 aliphatic carbocycles. The number of hydrogen-bond acceptors (Lipinski definition) is 2. The first-order chi connectivity index (χ1) is 10.1. The molecule has 0 saturated heterocycles. The summed E-state index contributed by atoms with van der Waals surface area (Å²) in [6.07, 6.45) is 0. The van der Waals surface area contributed by atoms with E-state index in [1.165, 1.54) is 0 Å². The van der Waals surface area contributed by atoms with Crippen LogP contribution >= 0.6 is 23.4 Å². The first kappa shape index (κ1) is 15.8. The van der Waals surface area contributed by atoms with Gasteiger partial charge in [-0.05, 0) is 42.0 Å². The lowest BCUT2D eigenvalue weighted by molar-refractivity contribution is 0.102. The number of nitrogens with one attached hydrogen (secondary N) is 1. The molecule has 2 nitrogen and oxygen atoms in total. The molecule has 0 aliphatic rings. The zero-order valence-electron chi connectivity index (χ0n) is 10.9. The monoisotopic (exact) mass is 327 g/mol. The number of carbonyl (C=O) groups is 1. The quantitative estimate of drug-likeness (QED) is 0.619. The number of hydrogen-bond donors (Lipinski definition) is 1. The summed E-state index contributed by atoms with van der Waals surface area (Å²) in [5.41, 5.74) is 2.00. The van der Waals surface area contributed by atoms with E-state index >= 15 is 0 Å². The van der Waals surface area contributed by atoms with Crippen LogP contribution < -0.4 is 5.32 Å². The molecule has 0 atom stereocenters. The van der Waals surface area contributed by atoms with Crippen molar-refractivity contribution >= 4 is 35.0 Å². The SMILES string of the molecule is O=C(Nc1ccc(SC(F)F)cc1)c1ccc(CCl)cc1. The van der Waals surface area contributed by atoms with Crippen LogP contribution in [0.25, 0.3) is 0 Å². The lowest BCUT2D eigenvalue weighted by Crippen LogP contribution is -2.11. The van der Waals surface area contributed by atoms with Gasteiger partial charge >= 0.3 is 0 Å². The molecule has 0 aliphatic heterocycles. The van der Waals surface area contributed by atoms with Gasteiger partial charge in [-0.3, -0.25) is 4.79 Å². The van der Waals surface area contributed by atoms with E-state index in [4.69, 9.17) is 11.6 Å². The molecular weight excluding hydrogens is 316 g/mol. The largest absolute Gasteiger partial charge is 0.322 e. The summed E-state index contributed by atoms with van der Waals surface area (Å²) >= 11 is 6.15. The molecular formula is C15H12ClF2NOS. The molecule has 2 aromatic rings. The van der Waals surface area contributed by atoms with Gasteiger partial charge < -0.3 is 5.32 Å². The number of benzene rings is 2. The van der Waals surface area contributed by atoms with Crippen LogP contribution in [0.15, 0.2) is 53.4 Å². The summed E-state index contributed by atoms with van der Waals surface area (Å²) in [7, 11) is 0. The van der Waals surface area contributed by atoms with Crippen LogP contribution in [0.4, 0.5) is 14.5 Å². The van der Waals surface area contributed by atoms with Crippen LogP contribution in [0.1, 0.15) is 15.9 Å². The molecule has 110 valence electrons. The Hall–Kier alpha value is -1.59. The average Bonchev–Trinajstić information content (AvgIpc) is 2.49. The maximum atomic E-state index is 12.2. The van der Waals surface area contributed by atoms with E-state index < -0.39 is 5.76 Å². The van der Waals surface area contributed by atoms with E-state index in [2.05, 4.69) is 5.32 Å².